The van der Waals surface area contributed by atoms with Crippen LogP contribution < -0.4 is 10.1 Å². The molecule has 1 N–H and O–H groups in total. The summed E-state index contributed by atoms with van der Waals surface area (Å²) < 4.78 is 30.6. The van der Waals surface area contributed by atoms with Crippen LogP contribution in [0.3, 0.4) is 0 Å². The molecule has 174 valence electrons. The third-order valence-electron chi connectivity index (χ3n) is 6.01. The Labute approximate surface area is 190 Å². The molecule has 2 heterocycles. The summed E-state index contributed by atoms with van der Waals surface area (Å²) in [6.45, 7) is 0.202. The average molecular weight is 456 g/mol. The predicted octanol–water partition coefficient (Wildman–Crippen LogP) is 3.02. The number of rotatable bonds is 4. The molecule has 2 aromatic carbocycles. The summed E-state index contributed by atoms with van der Waals surface area (Å²) in [6, 6.07) is 10.1. The lowest BCUT2D eigenvalue weighted by molar-refractivity contribution is -0.151. The Morgan fingerprint density at radius 1 is 1.21 bits per heavy atom. The fourth-order valence-electron chi connectivity index (χ4n) is 4.22. The summed E-state index contributed by atoms with van der Waals surface area (Å²) >= 11 is 0. The Hall–Kier alpha value is -3.46. The first-order valence-electron chi connectivity index (χ1n) is 10.7. The van der Waals surface area contributed by atoms with Gasteiger partial charge in [-0.25, -0.2) is 4.39 Å². The van der Waals surface area contributed by atoms with Crippen LogP contribution in [0.15, 0.2) is 42.5 Å². The molecule has 0 saturated carbocycles. The van der Waals surface area contributed by atoms with Gasteiger partial charge in [-0.05, 0) is 43.2 Å². The van der Waals surface area contributed by atoms with Crippen LogP contribution in [0, 0.1) is 5.82 Å². The van der Waals surface area contributed by atoms with Crippen LogP contribution in [-0.4, -0.2) is 61.7 Å². The average Bonchev–Trinajstić information content (AvgIpc) is 2.82. The number of fused-ring (bicyclic) bond motifs is 2. The maximum Gasteiger partial charge on any atom is 0.308 e. The summed E-state index contributed by atoms with van der Waals surface area (Å²) in [7, 11) is 3.03. The first-order chi connectivity index (χ1) is 15.9. The second kappa shape index (κ2) is 9.58. The summed E-state index contributed by atoms with van der Waals surface area (Å²) in [5.74, 6) is -1.51. The van der Waals surface area contributed by atoms with Crippen LogP contribution in [-0.2, 0) is 14.3 Å². The standard InChI is InChI=1S/C24H25FN2O6/c1-27-19-9-8-15(12-22(28)31-2)33-21(19)13-32-20-10-7-14(11-17(20)24(27)30)26-23(29)16-5-3-4-6-18(16)25/h3-7,10-11,15,19,21H,8-9,12-13H2,1-2H3,(H,26,29)/t15-,19-,21+/m0/s1. The lowest BCUT2D eigenvalue weighted by Gasteiger charge is -2.42. The van der Waals surface area contributed by atoms with Crippen molar-refractivity contribution in [3.05, 3.63) is 59.4 Å². The minimum absolute atomic E-state index is 0.0901. The molecule has 0 bridgehead atoms. The van der Waals surface area contributed by atoms with E-state index in [9.17, 15) is 18.8 Å². The molecular formula is C24H25FN2O6. The minimum atomic E-state index is -0.630. The van der Waals surface area contributed by atoms with Crippen molar-refractivity contribution in [2.45, 2.75) is 37.5 Å². The quantitative estimate of drug-likeness (QED) is 0.711. The number of nitrogens with zero attached hydrogens (tertiary/aromatic N) is 1. The number of halogens is 1. The molecule has 1 fully saturated rings. The van der Waals surface area contributed by atoms with Crippen molar-refractivity contribution in [1.82, 2.24) is 4.90 Å². The number of hydrogen-bond acceptors (Lipinski definition) is 6. The van der Waals surface area contributed by atoms with E-state index in [1.165, 1.54) is 31.4 Å². The van der Waals surface area contributed by atoms with Gasteiger partial charge in [0.15, 0.2) is 0 Å². The zero-order chi connectivity index (χ0) is 23.5. The highest BCUT2D eigenvalue weighted by Crippen LogP contribution is 2.32. The van der Waals surface area contributed by atoms with Gasteiger partial charge in [-0.1, -0.05) is 12.1 Å². The molecule has 0 aromatic heterocycles. The van der Waals surface area contributed by atoms with E-state index < -0.39 is 17.8 Å². The summed E-state index contributed by atoms with van der Waals surface area (Å²) in [6.07, 6.45) is 0.728. The van der Waals surface area contributed by atoms with Crippen LogP contribution in [0.2, 0.25) is 0 Å². The Morgan fingerprint density at radius 2 is 2.00 bits per heavy atom. The molecule has 0 unspecified atom stereocenters. The lowest BCUT2D eigenvalue weighted by atomic mass is 9.94. The number of nitrogens with one attached hydrogen (secondary N) is 1. The third kappa shape index (κ3) is 4.83. The van der Waals surface area contributed by atoms with E-state index in [2.05, 4.69) is 5.32 Å². The van der Waals surface area contributed by atoms with Gasteiger partial charge in [0.2, 0.25) is 0 Å². The topological polar surface area (TPSA) is 94.2 Å². The highest BCUT2D eigenvalue weighted by Gasteiger charge is 2.39. The first kappa shape index (κ1) is 22.7. The minimum Gasteiger partial charge on any atom is -0.490 e. The van der Waals surface area contributed by atoms with Crippen molar-refractivity contribution in [3.63, 3.8) is 0 Å². The second-order valence-electron chi connectivity index (χ2n) is 8.09. The Bertz CT molecular complexity index is 1070. The van der Waals surface area contributed by atoms with Crippen LogP contribution in [0.1, 0.15) is 40.0 Å². The van der Waals surface area contributed by atoms with E-state index in [1.54, 1.807) is 30.1 Å². The van der Waals surface area contributed by atoms with Gasteiger partial charge in [0.25, 0.3) is 11.8 Å². The Balaban J connectivity index is 1.52. The second-order valence-corrected chi connectivity index (χ2v) is 8.09. The number of esters is 1. The zero-order valence-electron chi connectivity index (χ0n) is 18.4. The van der Waals surface area contributed by atoms with Crippen LogP contribution in [0.5, 0.6) is 5.75 Å². The fraction of sp³-hybridized carbons (Fsp3) is 0.375. The maximum absolute atomic E-state index is 13.9. The van der Waals surface area contributed by atoms with E-state index in [4.69, 9.17) is 14.2 Å². The molecule has 8 nitrogen and oxygen atoms in total. The van der Waals surface area contributed by atoms with Gasteiger partial charge in [-0.3, -0.25) is 14.4 Å². The molecule has 2 aliphatic rings. The van der Waals surface area contributed by atoms with Crippen molar-refractivity contribution < 1.29 is 33.0 Å². The Morgan fingerprint density at radius 3 is 2.76 bits per heavy atom. The molecule has 0 spiro atoms. The number of benzene rings is 2. The number of methoxy groups -OCH3 is 1. The van der Waals surface area contributed by atoms with E-state index in [-0.39, 0.29) is 42.6 Å². The molecule has 9 heteroatoms. The number of anilines is 1. The predicted molar refractivity (Wildman–Crippen MR) is 117 cm³/mol. The van der Waals surface area contributed by atoms with Gasteiger partial charge in [0.05, 0.1) is 36.8 Å². The van der Waals surface area contributed by atoms with Gasteiger partial charge in [0.1, 0.15) is 24.3 Å². The SMILES string of the molecule is COC(=O)C[C@@H]1CC[C@H]2[C@@H](COc3ccc(NC(=O)c4ccccc4F)cc3C(=O)N2C)O1. The summed E-state index contributed by atoms with van der Waals surface area (Å²) in [4.78, 5) is 38.9. The number of amides is 2. The molecule has 3 atom stereocenters. The number of hydrogen-bond donors (Lipinski definition) is 1. The third-order valence-corrected chi connectivity index (χ3v) is 6.01. The van der Waals surface area contributed by atoms with E-state index in [0.29, 0.717) is 29.8 Å². The largest absolute Gasteiger partial charge is 0.490 e. The number of ether oxygens (including phenoxy) is 3. The van der Waals surface area contributed by atoms with E-state index >= 15 is 0 Å². The maximum atomic E-state index is 13.9. The van der Waals surface area contributed by atoms with Gasteiger partial charge in [0, 0.05) is 12.7 Å². The molecule has 2 amide bonds. The molecule has 0 radical (unpaired) electrons. The van der Waals surface area contributed by atoms with Crippen LogP contribution >= 0.6 is 0 Å². The zero-order valence-corrected chi connectivity index (χ0v) is 18.4. The number of likely N-dealkylation sites (N-methyl/N-ethyl adjacent to an activating group) is 1. The van der Waals surface area contributed by atoms with Gasteiger partial charge < -0.3 is 24.4 Å². The monoisotopic (exact) mass is 456 g/mol. The summed E-state index contributed by atoms with van der Waals surface area (Å²) in [5.41, 5.74) is 0.550. The van der Waals surface area contributed by atoms with Crippen molar-refractivity contribution in [1.29, 1.82) is 0 Å². The van der Waals surface area contributed by atoms with Gasteiger partial charge >= 0.3 is 5.97 Å². The highest BCUT2D eigenvalue weighted by molar-refractivity contribution is 6.05. The molecule has 2 aromatic rings. The molecule has 0 aliphatic carbocycles. The molecule has 2 aliphatic heterocycles. The van der Waals surface area contributed by atoms with Crippen LogP contribution in [0.25, 0.3) is 0 Å². The Kier molecular flexibility index (Phi) is 6.60. The van der Waals surface area contributed by atoms with E-state index in [0.717, 1.165) is 0 Å². The molecule has 33 heavy (non-hydrogen) atoms. The first-order valence-corrected chi connectivity index (χ1v) is 10.7. The summed E-state index contributed by atoms with van der Waals surface area (Å²) in [5, 5.41) is 2.63. The van der Waals surface area contributed by atoms with Crippen molar-refractivity contribution in [2.24, 2.45) is 0 Å². The normalized spacial score (nSPS) is 22.2. The lowest BCUT2D eigenvalue weighted by Crippen LogP contribution is -2.53. The van der Waals surface area contributed by atoms with Crippen LogP contribution in [0.4, 0.5) is 10.1 Å². The highest BCUT2D eigenvalue weighted by atomic mass is 19.1. The fourth-order valence-corrected chi connectivity index (χ4v) is 4.22. The smallest absolute Gasteiger partial charge is 0.308 e. The molecule has 1 saturated heterocycles. The van der Waals surface area contributed by atoms with Gasteiger partial charge in [-0.2, -0.15) is 0 Å². The van der Waals surface area contributed by atoms with Crippen molar-refractivity contribution in [3.8, 4) is 5.75 Å². The number of carbonyl (C=O) groups excluding carboxylic acids is 3. The van der Waals surface area contributed by atoms with Crippen molar-refractivity contribution >= 4 is 23.5 Å². The van der Waals surface area contributed by atoms with Gasteiger partial charge in [-0.15, -0.1) is 0 Å². The molecule has 4 rings (SSSR count). The van der Waals surface area contributed by atoms with Crippen molar-refractivity contribution in [2.75, 3.05) is 26.1 Å². The molecular weight excluding hydrogens is 431 g/mol. The number of carbonyl (C=O) groups is 3. The van der Waals surface area contributed by atoms with E-state index in [1.807, 2.05) is 0 Å².